The molecule has 0 aromatic heterocycles. The van der Waals surface area contributed by atoms with E-state index in [4.69, 9.17) is 4.74 Å². The van der Waals surface area contributed by atoms with Crippen LogP contribution in [0.2, 0.25) is 0 Å². The molecule has 25 heavy (non-hydrogen) atoms. The molecule has 0 saturated heterocycles. The van der Waals surface area contributed by atoms with Gasteiger partial charge in [-0.2, -0.15) is 0 Å². The summed E-state index contributed by atoms with van der Waals surface area (Å²) in [5.41, 5.74) is 1.60. The topological polar surface area (TPSA) is 75.6 Å². The van der Waals surface area contributed by atoms with Crippen LogP contribution in [0.25, 0.3) is 0 Å². The highest BCUT2D eigenvalue weighted by Gasteiger charge is 2.24. The lowest BCUT2D eigenvalue weighted by atomic mass is 9.99. The quantitative estimate of drug-likeness (QED) is 0.773. The second-order valence-electron chi connectivity index (χ2n) is 5.83. The van der Waals surface area contributed by atoms with Gasteiger partial charge in [0.25, 0.3) is 5.91 Å². The molecule has 2 aromatic carbocycles. The van der Waals surface area contributed by atoms with Crippen molar-refractivity contribution in [1.29, 1.82) is 0 Å². The highest BCUT2D eigenvalue weighted by Crippen LogP contribution is 2.19. The van der Waals surface area contributed by atoms with Crippen molar-refractivity contribution in [2.75, 3.05) is 6.54 Å². The van der Waals surface area contributed by atoms with Gasteiger partial charge in [-0.25, -0.2) is 0 Å². The number of benzene rings is 2. The molecule has 5 heteroatoms. The summed E-state index contributed by atoms with van der Waals surface area (Å²) in [4.78, 5) is 23.9. The van der Waals surface area contributed by atoms with Crippen molar-refractivity contribution in [3.8, 4) is 5.75 Å². The van der Waals surface area contributed by atoms with Crippen LogP contribution in [0.5, 0.6) is 5.75 Å². The van der Waals surface area contributed by atoms with E-state index in [9.17, 15) is 14.7 Å². The molecule has 2 aromatic rings. The molecule has 0 aliphatic heterocycles. The van der Waals surface area contributed by atoms with Crippen molar-refractivity contribution in [2.45, 2.75) is 32.3 Å². The van der Waals surface area contributed by atoms with Gasteiger partial charge in [0.2, 0.25) is 0 Å². The standard InChI is InChI=1S/C20H23NO4/c1-3-17(25-18-12-8-7-9-14(18)2)19(22)21-13-16(20(23)24)15-10-5-4-6-11-15/h4-12,16-17H,3,13H2,1-2H3,(H,21,22)(H,23,24). The highest BCUT2D eigenvalue weighted by molar-refractivity contribution is 5.83. The molecule has 132 valence electrons. The molecule has 0 aliphatic rings. The Labute approximate surface area is 147 Å². The molecule has 0 saturated carbocycles. The van der Waals surface area contributed by atoms with Crippen molar-refractivity contribution in [3.63, 3.8) is 0 Å². The molecule has 0 heterocycles. The molecule has 2 atom stereocenters. The third-order valence-corrected chi connectivity index (χ3v) is 4.01. The summed E-state index contributed by atoms with van der Waals surface area (Å²) < 4.78 is 5.80. The van der Waals surface area contributed by atoms with E-state index in [-0.39, 0.29) is 12.5 Å². The molecule has 0 spiro atoms. The van der Waals surface area contributed by atoms with Crippen molar-refractivity contribution in [2.24, 2.45) is 0 Å². The van der Waals surface area contributed by atoms with E-state index < -0.39 is 18.0 Å². The number of para-hydroxylation sites is 1. The van der Waals surface area contributed by atoms with Crippen molar-refractivity contribution >= 4 is 11.9 Å². The summed E-state index contributed by atoms with van der Waals surface area (Å²) in [6, 6.07) is 16.4. The van der Waals surface area contributed by atoms with E-state index in [0.29, 0.717) is 17.7 Å². The highest BCUT2D eigenvalue weighted by atomic mass is 16.5. The van der Waals surface area contributed by atoms with Gasteiger partial charge in [-0.3, -0.25) is 9.59 Å². The maximum absolute atomic E-state index is 12.4. The summed E-state index contributed by atoms with van der Waals surface area (Å²) in [6.45, 7) is 3.79. The predicted molar refractivity (Wildman–Crippen MR) is 95.7 cm³/mol. The zero-order valence-corrected chi connectivity index (χ0v) is 14.4. The summed E-state index contributed by atoms with van der Waals surface area (Å²) in [5, 5.41) is 12.1. The minimum absolute atomic E-state index is 0.0197. The predicted octanol–water partition coefficient (Wildman–Crippen LogP) is 3.14. The molecule has 0 bridgehead atoms. The number of aliphatic carboxylic acids is 1. The minimum atomic E-state index is -0.973. The molecular formula is C20H23NO4. The minimum Gasteiger partial charge on any atom is -0.481 e. The number of carbonyl (C=O) groups is 2. The second kappa shape index (κ2) is 8.87. The van der Waals surface area contributed by atoms with E-state index in [0.717, 1.165) is 5.56 Å². The Bertz CT molecular complexity index is 715. The zero-order chi connectivity index (χ0) is 18.2. The zero-order valence-electron chi connectivity index (χ0n) is 14.4. The maximum atomic E-state index is 12.4. The molecule has 2 rings (SSSR count). The van der Waals surface area contributed by atoms with Crippen LogP contribution in [-0.4, -0.2) is 29.6 Å². The van der Waals surface area contributed by atoms with Crippen LogP contribution < -0.4 is 10.1 Å². The van der Waals surface area contributed by atoms with Crippen LogP contribution in [0.3, 0.4) is 0 Å². The fraction of sp³-hybridized carbons (Fsp3) is 0.300. The number of carbonyl (C=O) groups excluding carboxylic acids is 1. The van der Waals surface area contributed by atoms with E-state index in [1.54, 1.807) is 24.3 Å². The van der Waals surface area contributed by atoms with Gasteiger partial charge in [0.1, 0.15) is 5.75 Å². The largest absolute Gasteiger partial charge is 0.481 e. The van der Waals surface area contributed by atoms with Gasteiger partial charge in [-0.1, -0.05) is 55.5 Å². The molecular weight excluding hydrogens is 318 g/mol. The van der Waals surface area contributed by atoms with Gasteiger partial charge in [0.05, 0.1) is 5.92 Å². The third kappa shape index (κ3) is 5.08. The Balaban J connectivity index is 2.01. The lowest BCUT2D eigenvalue weighted by Crippen LogP contribution is -2.41. The first-order valence-corrected chi connectivity index (χ1v) is 8.30. The first-order valence-electron chi connectivity index (χ1n) is 8.30. The van der Waals surface area contributed by atoms with E-state index >= 15 is 0 Å². The van der Waals surface area contributed by atoms with Gasteiger partial charge < -0.3 is 15.2 Å². The first-order chi connectivity index (χ1) is 12.0. The fourth-order valence-corrected chi connectivity index (χ4v) is 2.51. The molecule has 0 aliphatic carbocycles. The number of ether oxygens (including phenoxy) is 1. The Morgan fingerprint density at radius 2 is 1.72 bits per heavy atom. The molecule has 2 N–H and O–H groups in total. The smallest absolute Gasteiger partial charge is 0.312 e. The summed E-state index contributed by atoms with van der Waals surface area (Å²) in [5.74, 6) is -1.42. The average molecular weight is 341 g/mol. The number of rotatable bonds is 8. The maximum Gasteiger partial charge on any atom is 0.312 e. The van der Waals surface area contributed by atoms with Crippen LogP contribution in [0.15, 0.2) is 54.6 Å². The second-order valence-corrected chi connectivity index (χ2v) is 5.83. The fourth-order valence-electron chi connectivity index (χ4n) is 2.51. The number of aryl methyl sites for hydroxylation is 1. The van der Waals surface area contributed by atoms with E-state index in [1.807, 2.05) is 44.2 Å². The van der Waals surface area contributed by atoms with Gasteiger partial charge in [-0.15, -0.1) is 0 Å². The Morgan fingerprint density at radius 3 is 2.32 bits per heavy atom. The summed E-state index contributed by atoms with van der Waals surface area (Å²) in [6.07, 6.45) is -0.171. The van der Waals surface area contributed by atoms with Crippen LogP contribution in [0, 0.1) is 6.92 Å². The van der Waals surface area contributed by atoms with E-state index in [1.165, 1.54) is 0 Å². The van der Waals surface area contributed by atoms with Gasteiger partial charge in [-0.05, 0) is 30.5 Å². The van der Waals surface area contributed by atoms with Gasteiger partial charge in [0.15, 0.2) is 6.10 Å². The lowest BCUT2D eigenvalue weighted by Gasteiger charge is -2.20. The van der Waals surface area contributed by atoms with Crippen LogP contribution in [-0.2, 0) is 9.59 Å². The SMILES string of the molecule is CCC(Oc1ccccc1C)C(=O)NCC(C(=O)O)c1ccccc1. The number of hydrogen-bond acceptors (Lipinski definition) is 3. The summed E-state index contributed by atoms with van der Waals surface area (Å²) in [7, 11) is 0. The Morgan fingerprint density at radius 1 is 1.08 bits per heavy atom. The monoisotopic (exact) mass is 341 g/mol. The number of hydrogen-bond donors (Lipinski definition) is 2. The first kappa shape index (κ1) is 18.5. The van der Waals surface area contributed by atoms with Gasteiger partial charge >= 0.3 is 5.97 Å². The summed E-state index contributed by atoms with van der Waals surface area (Å²) >= 11 is 0. The van der Waals surface area contributed by atoms with Crippen molar-refractivity contribution < 1.29 is 19.4 Å². The Hall–Kier alpha value is -2.82. The molecule has 1 amide bonds. The number of amides is 1. The van der Waals surface area contributed by atoms with Crippen molar-refractivity contribution in [1.82, 2.24) is 5.32 Å². The Kier molecular flexibility index (Phi) is 6.57. The molecule has 5 nitrogen and oxygen atoms in total. The molecule has 2 unspecified atom stereocenters. The van der Waals surface area contributed by atoms with Crippen LogP contribution in [0.4, 0.5) is 0 Å². The molecule has 0 fully saturated rings. The van der Waals surface area contributed by atoms with Crippen LogP contribution in [0.1, 0.15) is 30.4 Å². The van der Waals surface area contributed by atoms with E-state index in [2.05, 4.69) is 5.32 Å². The molecule has 0 radical (unpaired) electrons. The lowest BCUT2D eigenvalue weighted by molar-refractivity contribution is -0.139. The van der Waals surface area contributed by atoms with Gasteiger partial charge in [0, 0.05) is 6.54 Å². The number of carboxylic acids is 1. The number of nitrogens with one attached hydrogen (secondary N) is 1. The van der Waals surface area contributed by atoms with Crippen LogP contribution >= 0.6 is 0 Å². The van der Waals surface area contributed by atoms with Crippen molar-refractivity contribution in [3.05, 3.63) is 65.7 Å². The number of carboxylic acid groups (broad SMARTS) is 1. The normalized spacial score (nSPS) is 12.9. The average Bonchev–Trinajstić information content (AvgIpc) is 2.61. The third-order valence-electron chi connectivity index (χ3n) is 4.01.